The number of methoxy groups -OCH3 is 1. The summed E-state index contributed by atoms with van der Waals surface area (Å²) < 4.78 is 30.4. The maximum absolute atomic E-state index is 11.7. The van der Waals surface area contributed by atoms with Gasteiger partial charge in [-0.1, -0.05) is 11.8 Å². The first-order valence-corrected chi connectivity index (χ1v) is 7.70. The highest BCUT2D eigenvalue weighted by Crippen LogP contribution is 2.15. The van der Waals surface area contributed by atoms with Crippen LogP contribution in [0.1, 0.15) is 10.4 Å². The van der Waals surface area contributed by atoms with Gasteiger partial charge in [-0.3, -0.25) is 0 Å². The second kappa shape index (κ2) is 7.25. The van der Waals surface area contributed by atoms with Crippen molar-refractivity contribution in [3.8, 4) is 11.8 Å². The summed E-state index contributed by atoms with van der Waals surface area (Å²) in [6.07, 6.45) is -1.04. The average molecular weight is 318 g/mol. The highest BCUT2D eigenvalue weighted by molar-refractivity contribution is 7.87. The monoisotopic (exact) mass is 318 g/mol. The van der Waals surface area contributed by atoms with Crippen LogP contribution in [-0.4, -0.2) is 44.7 Å². The van der Waals surface area contributed by atoms with Crippen molar-refractivity contribution in [2.45, 2.75) is 6.54 Å². The second-order valence-electron chi connectivity index (χ2n) is 3.63. The molecule has 0 spiro atoms. The summed E-state index contributed by atoms with van der Waals surface area (Å²) >= 11 is 1.34. The van der Waals surface area contributed by atoms with Crippen molar-refractivity contribution >= 4 is 27.6 Å². The number of aliphatic hydroxyl groups is 1. The van der Waals surface area contributed by atoms with Gasteiger partial charge in [0.1, 0.15) is 6.61 Å². The Balaban J connectivity index is 2.72. The van der Waals surface area contributed by atoms with Crippen molar-refractivity contribution in [3.05, 3.63) is 21.9 Å². The van der Waals surface area contributed by atoms with Crippen LogP contribution in [0.5, 0.6) is 0 Å². The van der Waals surface area contributed by atoms with Crippen LogP contribution in [0, 0.1) is 11.8 Å². The molecule has 1 aromatic rings. The third kappa shape index (κ3) is 4.82. The number of thiophene rings is 1. The first kappa shape index (κ1) is 16.5. The number of hydrogen-bond acceptors (Lipinski definition) is 6. The molecule has 0 aromatic carbocycles. The van der Waals surface area contributed by atoms with Crippen molar-refractivity contribution < 1.29 is 23.1 Å². The van der Waals surface area contributed by atoms with Crippen LogP contribution in [0.4, 0.5) is 4.79 Å². The lowest BCUT2D eigenvalue weighted by Gasteiger charge is -2.16. The number of aliphatic hydroxyl groups excluding tert-OH is 1. The molecule has 9 heteroatoms. The van der Waals surface area contributed by atoms with E-state index in [0.717, 1.165) is 21.9 Å². The molecule has 110 valence electrons. The van der Waals surface area contributed by atoms with Crippen LogP contribution in [0.2, 0.25) is 0 Å². The van der Waals surface area contributed by atoms with Gasteiger partial charge in [0.15, 0.2) is 0 Å². The number of ether oxygens (including phenoxy) is 1. The zero-order chi connectivity index (χ0) is 15.2. The lowest BCUT2D eigenvalue weighted by Crippen LogP contribution is -2.40. The van der Waals surface area contributed by atoms with Gasteiger partial charge in [-0.15, -0.1) is 11.3 Å². The molecular formula is C11H14N2O5S2. The molecule has 1 aromatic heterocycles. The number of nitrogens with one attached hydrogen (secondary N) is 1. The second-order valence-corrected chi connectivity index (χ2v) is 6.32. The van der Waals surface area contributed by atoms with E-state index in [-0.39, 0.29) is 13.2 Å². The average Bonchev–Trinajstić information content (AvgIpc) is 2.83. The predicted octanol–water partition coefficient (Wildman–Crippen LogP) is 0.125. The Bertz CT molecular complexity index is 627. The third-order valence-electron chi connectivity index (χ3n) is 2.16. The summed E-state index contributed by atoms with van der Waals surface area (Å²) in [6.45, 7) is -0.145. The number of rotatable bonds is 4. The molecule has 0 saturated carbocycles. The molecule has 0 bridgehead atoms. The fourth-order valence-electron chi connectivity index (χ4n) is 1.22. The van der Waals surface area contributed by atoms with Crippen molar-refractivity contribution in [1.29, 1.82) is 0 Å². The molecule has 0 aliphatic heterocycles. The Kier molecular flexibility index (Phi) is 5.97. The molecule has 0 aliphatic carbocycles. The number of hydrogen-bond donors (Lipinski definition) is 2. The molecule has 7 nitrogen and oxygen atoms in total. The third-order valence-corrected chi connectivity index (χ3v) is 4.43. The van der Waals surface area contributed by atoms with E-state index in [1.807, 2.05) is 0 Å². The van der Waals surface area contributed by atoms with E-state index in [9.17, 15) is 13.2 Å². The Hall–Kier alpha value is -1.60. The normalized spacial score (nSPS) is 10.8. The molecule has 0 saturated heterocycles. The predicted molar refractivity (Wildman–Crippen MR) is 74.2 cm³/mol. The number of carbonyl (C=O) groups excluding carboxylic acids is 1. The van der Waals surface area contributed by atoms with Gasteiger partial charge >= 0.3 is 16.3 Å². The van der Waals surface area contributed by atoms with Crippen molar-refractivity contribution in [3.63, 3.8) is 0 Å². The quantitative estimate of drug-likeness (QED) is 0.769. The molecule has 1 heterocycles. The lowest BCUT2D eigenvalue weighted by molar-refractivity contribution is 0.177. The molecule has 0 aliphatic rings. The number of amides is 1. The van der Waals surface area contributed by atoms with E-state index in [0.29, 0.717) is 0 Å². The lowest BCUT2D eigenvalue weighted by atomic mass is 10.3. The first-order valence-electron chi connectivity index (χ1n) is 5.38. The number of carbonyl (C=O) groups is 1. The van der Waals surface area contributed by atoms with Crippen LogP contribution < -0.4 is 4.72 Å². The summed E-state index contributed by atoms with van der Waals surface area (Å²) in [6, 6.07) is 1.72. The molecule has 1 rings (SSSR count). The van der Waals surface area contributed by atoms with E-state index in [2.05, 4.69) is 16.6 Å². The SMILES string of the molecule is COC(=O)NS(=O)(=O)N(C)Cc1csc(C#CCO)c1. The van der Waals surface area contributed by atoms with Crippen LogP contribution >= 0.6 is 11.3 Å². The summed E-state index contributed by atoms with van der Waals surface area (Å²) in [4.78, 5) is 11.7. The van der Waals surface area contributed by atoms with Crippen LogP contribution in [0.15, 0.2) is 11.4 Å². The van der Waals surface area contributed by atoms with E-state index >= 15 is 0 Å². The smallest absolute Gasteiger partial charge is 0.421 e. The zero-order valence-corrected chi connectivity index (χ0v) is 12.5. The Morgan fingerprint density at radius 1 is 1.60 bits per heavy atom. The van der Waals surface area contributed by atoms with Crippen molar-refractivity contribution in [1.82, 2.24) is 9.03 Å². The first-order chi connectivity index (χ1) is 9.39. The maximum atomic E-state index is 11.7. The fraction of sp³-hybridized carbons (Fsp3) is 0.364. The van der Waals surface area contributed by atoms with E-state index in [1.165, 1.54) is 18.4 Å². The summed E-state index contributed by atoms with van der Waals surface area (Å²) in [5.41, 5.74) is 0.731. The van der Waals surface area contributed by atoms with Gasteiger partial charge in [0.2, 0.25) is 0 Å². The molecule has 0 unspecified atom stereocenters. The van der Waals surface area contributed by atoms with E-state index in [1.54, 1.807) is 16.2 Å². The molecule has 0 radical (unpaired) electrons. The van der Waals surface area contributed by atoms with Crippen LogP contribution in [0.25, 0.3) is 0 Å². The Morgan fingerprint density at radius 2 is 2.30 bits per heavy atom. The summed E-state index contributed by atoms with van der Waals surface area (Å²) in [7, 11) is -1.53. The minimum atomic E-state index is -3.94. The van der Waals surface area contributed by atoms with Gasteiger partial charge in [0, 0.05) is 13.6 Å². The summed E-state index contributed by atoms with van der Waals surface area (Å²) in [5, 5.41) is 10.3. The topological polar surface area (TPSA) is 95.9 Å². The molecule has 2 N–H and O–H groups in total. The Morgan fingerprint density at radius 3 is 2.90 bits per heavy atom. The number of nitrogens with zero attached hydrogens (tertiary/aromatic N) is 1. The maximum Gasteiger partial charge on any atom is 0.421 e. The molecular weight excluding hydrogens is 304 g/mol. The molecule has 1 amide bonds. The van der Waals surface area contributed by atoms with E-state index < -0.39 is 16.3 Å². The van der Waals surface area contributed by atoms with Gasteiger partial charge < -0.3 is 9.84 Å². The molecule has 20 heavy (non-hydrogen) atoms. The van der Waals surface area contributed by atoms with Crippen molar-refractivity contribution in [2.75, 3.05) is 20.8 Å². The van der Waals surface area contributed by atoms with Gasteiger partial charge in [0.05, 0.1) is 12.0 Å². The molecule has 0 atom stereocenters. The van der Waals surface area contributed by atoms with Gasteiger partial charge in [-0.25, -0.2) is 9.52 Å². The molecule has 0 fully saturated rings. The largest absolute Gasteiger partial charge is 0.452 e. The Labute approximate surface area is 121 Å². The van der Waals surface area contributed by atoms with Crippen molar-refractivity contribution in [2.24, 2.45) is 0 Å². The highest BCUT2D eigenvalue weighted by Gasteiger charge is 2.21. The van der Waals surface area contributed by atoms with Gasteiger partial charge in [0.25, 0.3) is 0 Å². The van der Waals surface area contributed by atoms with Crippen LogP contribution in [-0.2, 0) is 21.5 Å². The van der Waals surface area contributed by atoms with Gasteiger partial charge in [-0.05, 0) is 17.0 Å². The van der Waals surface area contributed by atoms with E-state index in [4.69, 9.17) is 5.11 Å². The summed E-state index contributed by atoms with van der Waals surface area (Å²) in [5.74, 6) is 5.23. The minimum absolute atomic E-state index is 0.0869. The van der Waals surface area contributed by atoms with Crippen LogP contribution in [0.3, 0.4) is 0 Å². The van der Waals surface area contributed by atoms with Gasteiger partial charge in [-0.2, -0.15) is 12.7 Å². The fourth-order valence-corrected chi connectivity index (χ4v) is 2.76. The minimum Gasteiger partial charge on any atom is -0.452 e. The zero-order valence-electron chi connectivity index (χ0n) is 10.9. The highest BCUT2D eigenvalue weighted by atomic mass is 32.2. The standard InChI is InChI=1S/C11H14N2O5S2/c1-13(20(16,17)12-11(15)18-2)7-9-6-10(19-8-9)4-3-5-14/h6,8,14H,5,7H2,1-2H3,(H,12,15).